The molecule has 0 bridgehead atoms. The Balaban J connectivity index is 1.89. The van der Waals surface area contributed by atoms with Crippen molar-refractivity contribution in [3.05, 3.63) is 50.9 Å². The minimum atomic E-state index is 0.307. The molecular formula is C20H21ClN2S. The monoisotopic (exact) mass is 356 g/mol. The highest BCUT2D eigenvalue weighted by Crippen LogP contribution is 2.44. The second kappa shape index (κ2) is 6.70. The summed E-state index contributed by atoms with van der Waals surface area (Å²) in [4.78, 5) is 5.95. The van der Waals surface area contributed by atoms with Crippen LogP contribution in [0.2, 0.25) is 5.02 Å². The van der Waals surface area contributed by atoms with Gasteiger partial charge < -0.3 is 0 Å². The predicted molar refractivity (Wildman–Crippen MR) is 103 cm³/mol. The fourth-order valence-electron chi connectivity index (χ4n) is 3.20. The molecule has 1 aliphatic carbocycles. The van der Waals surface area contributed by atoms with Gasteiger partial charge in [0, 0.05) is 16.1 Å². The number of aliphatic imine (C=N–C) groups is 1. The Kier molecular flexibility index (Phi) is 4.80. The molecule has 0 saturated heterocycles. The highest BCUT2D eigenvalue weighted by atomic mass is 35.5. The molecule has 0 unspecified atom stereocenters. The molecule has 0 N–H and O–H groups in total. The van der Waals surface area contributed by atoms with E-state index in [0.29, 0.717) is 16.4 Å². The summed E-state index contributed by atoms with van der Waals surface area (Å²) in [5, 5.41) is 11.1. The largest absolute Gasteiger partial charge is 0.244 e. The maximum Gasteiger partial charge on any atom is 0.134 e. The molecule has 0 radical (unpaired) electrons. The van der Waals surface area contributed by atoms with Crippen molar-refractivity contribution < 1.29 is 0 Å². The van der Waals surface area contributed by atoms with E-state index in [1.165, 1.54) is 10.4 Å². The van der Waals surface area contributed by atoms with Crippen molar-refractivity contribution in [2.45, 2.75) is 40.0 Å². The van der Waals surface area contributed by atoms with Gasteiger partial charge in [-0.3, -0.25) is 0 Å². The SMILES string of the molecule is CC(C)(C)[C@H]1CCc2c(sc(N=Cc3ccc(Cl)cc3)c2C#N)C1. The van der Waals surface area contributed by atoms with E-state index in [4.69, 9.17) is 11.6 Å². The molecule has 1 aliphatic rings. The van der Waals surface area contributed by atoms with Gasteiger partial charge in [0.25, 0.3) is 0 Å². The van der Waals surface area contributed by atoms with Crippen LogP contribution < -0.4 is 0 Å². The topological polar surface area (TPSA) is 36.1 Å². The van der Waals surface area contributed by atoms with Gasteiger partial charge in [0.05, 0.1) is 5.56 Å². The smallest absolute Gasteiger partial charge is 0.134 e. The minimum Gasteiger partial charge on any atom is -0.244 e. The van der Waals surface area contributed by atoms with Gasteiger partial charge >= 0.3 is 0 Å². The summed E-state index contributed by atoms with van der Waals surface area (Å²) in [6.45, 7) is 6.92. The number of thiophene rings is 1. The van der Waals surface area contributed by atoms with Gasteiger partial charge in [-0.05, 0) is 53.9 Å². The third-order valence-corrected chi connectivity index (χ3v) is 6.20. The molecule has 4 heteroatoms. The summed E-state index contributed by atoms with van der Waals surface area (Å²) in [5.74, 6) is 0.670. The van der Waals surface area contributed by atoms with Gasteiger partial charge in [0.2, 0.25) is 0 Å². The first-order valence-electron chi connectivity index (χ1n) is 8.22. The molecule has 124 valence electrons. The number of benzene rings is 1. The molecule has 1 aromatic heterocycles. The van der Waals surface area contributed by atoms with E-state index in [0.717, 1.165) is 35.4 Å². The second-order valence-corrected chi connectivity index (χ2v) is 8.93. The predicted octanol–water partition coefficient (Wildman–Crippen LogP) is 6.17. The van der Waals surface area contributed by atoms with Crippen LogP contribution in [0.15, 0.2) is 29.3 Å². The van der Waals surface area contributed by atoms with Crippen molar-refractivity contribution in [3.8, 4) is 6.07 Å². The van der Waals surface area contributed by atoms with E-state index in [-0.39, 0.29) is 0 Å². The van der Waals surface area contributed by atoms with Crippen molar-refractivity contribution in [2.24, 2.45) is 16.3 Å². The third kappa shape index (κ3) is 3.55. The van der Waals surface area contributed by atoms with E-state index in [1.54, 1.807) is 11.3 Å². The third-order valence-electron chi connectivity index (χ3n) is 4.78. The Bertz CT molecular complexity index is 804. The van der Waals surface area contributed by atoms with Crippen molar-refractivity contribution in [1.29, 1.82) is 5.26 Å². The molecule has 2 aromatic rings. The molecule has 0 saturated carbocycles. The van der Waals surface area contributed by atoms with Crippen LogP contribution in [0.25, 0.3) is 0 Å². The zero-order chi connectivity index (χ0) is 17.3. The van der Waals surface area contributed by atoms with Crippen molar-refractivity contribution in [1.82, 2.24) is 0 Å². The first-order valence-corrected chi connectivity index (χ1v) is 9.42. The van der Waals surface area contributed by atoms with E-state index in [9.17, 15) is 5.26 Å². The molecule has 0 fully saturated rings. The lowest BCUT2D eigenvalue weighted by molar-refractivity contribution is 0.218. The summed E-state index contributed by atoms with van der Waals surface area (Å²) in [5.41, 5.74) is 3.29. The van der Waals surface area contributed by atoms with Crippen LogP contribution in [0, 0.1) is 22.7 Å². The molecular weight excluding hydrogens is 336 g/mol. The molecule has 3 rings (SSSR count). The maximum atomic E-state index is 9.59. The van der Waals surface area contributed by atoms with Crippen LogP contribution in [-0.4, -0.2) is 6.21 Å². The fraction of sp³-hybridized carbons (Fsp3) is 0.400. The van der Waals surface area contributed by atoms with Crippen LogP contribution in [0.3, 0.4) is 0 Å². The van der Waals surface area contributed by atoms with Gasteiger partial charge in [-0.15, -0.1) is 11.3 Å². The minimum absolute atomic E-state index is 0.307. The summed E-state index contributed by atoms with van der Waals surface area (Å²) in [6, 6.07) is 9.94. The summed E-state index contributed by atoms with van der Waals surface area (Å²) >= 11 is 7.59. The van der Waals surface area contributed by atoms with Gasteiger partial charge in [-0.25, -0.2) is 4.99 Å². The number of hydrogen-bond donors (Lipinski definition) is 0. The lowest BCUT2D eigenvalue weighted by Crippen LogP contribution is -2.26. The number of nitrogens with zero attached hydrogens (tertiary/aromatic N) is 2. The molecule has 1 heterocycles. The standard InChI is InChI=1S/C20H21ClN2S/c1-20(2,3)14-6-9-16-17(11-22)19(24-18(16)10-14)23-12-13-4-7-15(21)8-5-13/h4-5,7-8,12,14H,6,9-10H2,1-3H3/t14-/m0/s1. The number of halogens is 1. The number of rotatable bonds is 2. The normalized spacial score (nSPS) is 17.7. The highest BCUT2D eigenvalue weighted by Gasteiger charge is 2.32. The van der Waals surface area contributed by atoms with Crippen LogP contribution in [-0.2, 0) is 12.8 Å². The molecule has 24 heavy (non-hydrogen) atoms. The lowest BCUT2D eigenvalue weighted by atomic mass is 9.72. The van der Waals surface area contributed by atoms with Crippen LogP contribution in [0.1, 0.15) is 48.8 Å². The molecule has 2 nitrogen and oxygen atoms in total. The Morgan fingerprint density at radius 1 is 1.29 bits per heavy atom. The van der Waals surface area contributed by atoms with Crippen molar-refractivity contribution >= 4 is 34.2 Å². The zero-order valence-electron chi connectivity index (χ0n) is 14.3. The van der Waals surface area contributed by atoms with Crippen molar-refractivity contribution in [2.75, 3.05) is 0 Å². The number of hydrogen-bond acceptors (Lipinski definition) is 3. The van der Waals surface area contributed by atoms with Gasteiger partial charge in [0.15, 0.2) is 0 Å². The Hall–Kier alpha value is -1.63. The maximum absolute atomic E-state index is 9.59. The van der Waals surface area contributed by atoms with E-state index in [1.807, 2.05) is 30.5 Å². The first-order chi connectivity index (χ1) is 11.4. The molecule has 1 aromatic carbocycles. The molecule has 0 amide bonds. The first kappa shape index (κ1) is 17.2. The molecule has 1 atom stereocenters. The lowest BCUT2D eigenvalue weighted by Gasteiger charge is -2.33. The van der Waals surface area contributed by atoms with E-state index >= 15 is 0 Å². The Labute approximate surface area is 152 Å². The van der Waals surface area contributed by atoms with Gasteiger partial charge in [-0.1, -0.05) is 44.5 Å². The molecule has 0 spiro atoms. The molecule has 0 aliphatic heterocycles. The van der Waals surface area contributed by atoms with E-state index in [2.05, 4.69) is 31.8 Å². The highest BCUT2D eigenvalue weighted by molar-refractivity contribution is 7.16. The summed E-state index contributed by atoms with van der Waals surface area (Å²) in [6.07, 6.45) is 5.03. The summed E-state index contributed by atoms with van der Waals surface area (Å²) in [7, 11) is 0. The van der Waals surface area contributed by atoms with Gasteiger partial charge in [-0.2, -0.15) is 5.26 Å². The zero-order valence-corrected chi connectivity index (χ0v) is 15.8. The average molecular weight is 357 g/mol. The van der Waals surface area contributed by atoms with E-state index < -0.39 is 0 Å². The average Bonchev–Trinajstić information content (AvgIpc) is 2.90. The Morgan fingerprint density at radius 2 is 2.00 bits per heavy atom. The van der Waals surface area contributed by atoms with Gasteiger partial charge in [0.1, 0.15) is 11.1 Å². The van der Waals surface area contributed by atoms with Crippen molar-refractivity contribution in [3.63, 3.8) is 0 Å². The summed E-state index contributed by atoms with van der Waals surface area (Å²) < 4.78 is 0. The number of nitriles is 1. The van der Waals surface area contributed by atoms with Crippen LogP contribution in [0.4, 0.5) is 5.00 Å². The Morgan fingerprint density at radius 3 is 2.62 bits per heavy atom. The second-order valence-electron chi connectivity index (χ2n) is 7.41. The number of fused-ring (bicyclic) bond motifs is 1. The fourth-order valence-corrected chi connectivity index (χ4v) is 4.55. The van der Waals surface area contributed by atoms with Crippen LogP contribution >= 0.6 is 22.9 Å². The van der Waals surface area contributed by atoms with Crippen LogP contribution in [0.5, 0.6) is 0 Å². The quantitative estimate of drug-likeness (QED) is 0.592.